The van der Waals surface area contributed by atoms with E-state index >= 15 is 0 Å². The highest BCUT2D eigenvalue weighted by molar-refractivity contribution is 5.94. The van der Waals surface area contributed by atoms with Crippen LogP contribution in [0, 0.1) is 18.3 Å². The summed E-state index contributed by atoms with van der Waals surface area (Å²) < 4.78 is 2.28. The van der Waals surface area contributed by atoms with Gasteiger partial charge in [0.25, 0.3) is 5.91 Å². The van der Waals surface area contributed by atoms with Crippen LogP contribution in [0.15, 0.2) is 55.0 Å². The molecule has 0 bridgehead atoms. The zero-order valence-corrected chi connectivity index (χ0v) is 15.7. The van der Waals surface area contributed by atoms with E-state index in [1.807, 2.05) is 29.4 Å². The number of pyridine rings is 1. The van der Waals surface area contributed by atoms with Crippen molar-refractivity contribution in [1.82, 2.24) is 19.4 Å². The minimum atomic E-state index is 0.0257. The summed E-state index contributed by atoms with van der Waals surface area (Å²) in [5, 5.41) is 8.91. The molecule has 0 atom stereocenters. The standard InChI is InChI=1S/C22H21N5O/c1-16-14-25-21(19-3-2-10-24-15-19)27(16)20-8-11-26(12-9-20)22(28)18-6-4-17(13-23)5-7-18/h2-7,10,14-15,20H,8-9,11-12H2,1H3. The maximum Gasteiger partial charge on any atom is 0.253 e. The van der Waals surface area contributed by atoms with Crippen LogP contribution < -0.4 is 0 Å². The highest BCUT2D eigenvalue weighted by Crippen LogP contribution is 2.30. The Morgan fingerprint density at radius 3 is 2.54 bits per heavy atom. The molecule has 6 nitrogen and oxygen atoms in total. The Kier molecular flexibility index (Phi) is 4.90. The number of nitrogens with zero attached hydrogens (tertiary/aromatic N) is 5. The summed E-state index contributed by atoms with van der Waals surface area (Å²) in [4.78, 5) is 23.5. The van der Waals surface area contributed by atoms with Crippen molar-refractivity contribution >= 4 is 5.91 Å². The van der Waals surface area contributed by atoms with Crippen molar-refractivity contribution in [1.29, 1.82) is 5.26 Å². The zero-order chi connectivity index (χ0) is 19.5. The third-order valence-corrected chi connectivity index (χ3v) is 5.28. The second-order valence-electron chi connectivity index (χ2n) is 7.05. The number of hydrogen-bond acceptors (Lipinski definition) is 4. The number of aromatic nitrogens is 3. The molecule has 0 radical (unpaired) electrons. The van der Waals surface area contributed by atoms with Crippen LogP contribution in [0.2, 0.25) is 0 Å². The van der Waals surface area contributed by atoms with Gasteiger partial charge >= 0.3 is 0 Å². The fourth-order valence-corrected chi connectivity index (χ4v) is 3.81. The Morgan fingerprint density at radius 1 is 1.14 bits per heavy atom. The lowest BCUT2D eigenvalue weighted by molar-refractivity contribution is 0.0694. The quantitative estimate of drug-likeness (QED) is 0.705. The van der Waals surface area contributed by atoms with Crippen LogP contribution >= 0.6 is 0 Å². The first-order chi connectivity index (χ1) is 13.7. The molecule has 0 spiro atoms. The molecule has 1 saturated heterocycles. The van der Waals surface area contributed by atoms with E-state index in [0.29, 0.717) is 30.3 Å². The van der Waals surface area contributed by atoms with Gasteiger partial charge in [-0.05, 0) is 56.2 Å². The average molecular weight is 371 g/mol. The predicted molar refractivity (Wildman–Crippen MR) is 106 cm³/mol. The van der Waals surface area contributed by atoms with Crippen LogP contribution in [0.4, 0.5) is 0 Å². The summed E-state index contributed by atoms with van der Waals surface area (Å²) in [6.07, 6.45) is 7.26. The number of rotatable bonds is 3. The van der Waals surface area contributed by atoms with Crippen molar-refractivity contribution in [3.63, 3.8) is 0 Å². The lowest BCUT2D eigenvalue weighted by Crippen LogP contribution is -2.39. The number of piperidine rings is 1. The first-order valence-electron chi connectivity index (χ1n) is 9.41. The summed E-state index contributed by atoms with van der Waals surface area (Å²) in [6.45, 7) is 3.47. The first-order valence-corrected chi connectivity index (χ1v) is 9.41. The molecule has 0 aliphatic carbocycles. The van der Waals surface area contributed by atoms with Gasteiger partial charge in [-0.25, -0.2) is 4.98 Å². The maximum absolute atomic E-state index is 12.8. The van der Waals surface area contributed by atoms with Gasteiger partial charge in [0.05, 0.1) is 11.6 Å². The van der Waals surface area contributed by atoms with Crippen LogP contribution in [0.3, 0.4) is 0 Å². The van der Waals surface area contributed by atoms with Crippen LogP contribution in [-0.4, -0.2) is 38.4 Å². The Balaban J connectivity index is 1.48. The van der Waals surface area contributed by atoms with Crippen LogP contribution in [0.5, 0.6) is 0 Å². The van der Waals surface area contributed by atoms with E-state index in [1.54, 1.807) is 30.5 Å². The molecule has 1 aromatic carbocycles. The van der Waals surface area contributed by atoms with Gasteiger partial charge in [0.2, 0.25) is 0 Å². The topological polar surface area (TPSA) is 74.8 Å². The van der Waals surface area contributed by atoms with Gasteiger partial charge in [0, 0.05) is 54.5 Å². The van der Waals surface area contributed by atoms with E-state index < -0.39 is 0 Å². The lowest BCUT2D eigenvalue weighted by atomic mass is 10.0. The molecule has 0 saturated carbocycles. The smallest absolute Gasteiger partial charge is 0.253 e. The van der Waals surface area contributed by atoms with Crippen molar-refractivity contribution in [2.75, 3.05) is 13.1 Å². The molecule has 1 fully saturated rings. The SMILES string of the molecule is Cc1cnc(-c2cccnc2)n1C1CCN(C(=O)c2ccc(C#N)cc2)CC1. The number of hydrogen-bond donors (Lipinski definition) is 0. The second kappa shape index (κ2) is 7.65. The van der Waals surface area contributed by atoms with Crippen LogP contribution in [-0.2, 0) is 0 Å². The van der Waals surface area contributed by atoms with Gasteiger partial charge in [-0.2, -0.15) is 5.26 Å². The number of nitriles is 1. The van der Waals surface area contributed by atoms with Crippen LogP contribution in [0.25, 0.3) is 11.4 Å². The molecular weight excluding hydrogens is 350 g/mol. The summed E-state index contributed by atoms with van der Waals surface area (Å²) in [5.41, 5.74) is 3.32. The van der Waals surface area contributed by atoms with E-state index in [0.717, 1.165) is 29.9 Å². The molecule has 6 heteroatoms. The molecular formula is C22H21N5O. The Hall–Kier alpha value is -3.46. The van der Waals surface area contributed by atoms with E-state index in [2.05, 4.69) is 27.5 Å². The van der Waals surface area contributed by atoms with E-state index in [-0.39, 0.29) is 5.91 Å². The van der Waals surface area contributed by atoms with Crippen molar-refractivity contribution in [3.8, 4) is 17.5 Å². The van der Waals surface area contributed by atoms with Gasteiger partial charge in [0.1, 0.15) is 5.82 Å². The normalized spacial score (nSPS) is 14.6. The van der Waals surface area contributed by atoms with Crippen molar-refractivity contribution in [2.24, 2.45) is 0 Å². The highest BCUT2D eigenvalue weighted by Gasteiger charge is 2.27. The number of carbonyl (C=O) groups is 1. The molecule has 28 heavy (non-hydrogen) atoms. The Morgan fingerprint density at radius 2 is 1.89 bits per heavy atom. The molecule has 3 heterocycles. The van der Waals surface area contributed by atoms with Crippen LogP contribution in [0.1, 0.15) is 40.5 Å². The predicted octanol–water partition coefficient (Wildman–Crippen LogP) is 3.60. The summed E-state index contributed by atoms with van der Waals surface area (Å²) in [7, 11) is 0. The second-order valence-corrected chi connectivity index (χ2v) is 7.05. The van der Waals surface area contributed by atoms with Gasteiger partial charge < -0.3 is 9.47 Å². The average Bonchev–Trinajstić information content (AvgIpc) is 3.15. The minimum Gasteiger partial charge on any atom is -0.338 e. The first kappa shape index (κ1) is 17.9. The molecule has 2 aromatic heterocycles. The van der Waals surface area contributed by atoms with E-state index in [4.69, 9.17) is 5.26 Å². The molecule has 1 amide bonds. The number of carbonyl (C=O) groups excluding carboxylic acids is 1. The van der Waals surface area contributed by atoms with E-state index in [9.17, 15) is 4.79 Å². The number of benzene rings is 1. The third-order valence-electron chi connectivity index (χ3n) is 5.28. The number of aryl methyl sites for hydroxylation is 1. The molecule has 0 unspecified atom stereocenters. The lowest BCUT2D eigenvalue weighted by Gasteiger charge is -2.34. The van der Waals surface area contributed by atoms with Gasteiger partial charge in [-0.1, -0.05) is 0 Å². The molecule has 140 valence electrons. The van der Waals surface area contributed by atoms with Gasteiger partial charge in [-0.15, -0.1) is 0 Å². The minimum absolute atomic E-state index is 0.0257. The zero-order valence-electron chi connectivity index (χ0n) is 15.7. The number of amides is 1. The van der Waals surface area contributed by atoms with Crippen molar-refractivity contribution in [3.05, 3.63) is 71.8 Å². The fourth-order valence-electron chi connectivity index (χ4n) is 3.81. The third kappa shape index (κ3) is 3.39. The summed E-state index contributed by atoms with van der Waals surface area (Å²) in [6, 6.07) is 13.2. The number of imidazole rings is 1. The highest BCUT2D eigenvalue weighted by atomic mass is 16.2. The molecule has 3 aromatic rings. The summed E-state index contributed by atoms with van der Waals surface area (Å²) in [5.74, 6) is 0.959. The molecule has 1 aliphatic heterocycles. The van der Waals surface area contributed by atoms with Gasteiger partial charge in [0.15, 0.2) is 0 Å². The van der Waals surface area contributed by atoms with E-state index in [1.165, 1.54) is 0 Å². The van der Waals surface area contributed by atoms with Crippen molar-refractivity contribution < 1.29 is 4.79 Å². The Bertz CT molecular complexity index is 1010. The molecule has 4 rings (SSSR count). The molecule has 0 N–H and O–H groups in total. The Labute approximate surface area is 164 Å². The molecule has 1 aliphatic rings. The summed E-state index contributed by atoms with van der Waals surface area (Å²) >= 11 is 0. The largest absolute Gasteiger partial charge is 0.338 e. The number of likely N-dealkylation sites (tertiary alicyclic amines) is 1. The maximum atomic E-state index is 12.8. The van der Waals surface area contributed by atoms with Gasteiger partial charge in [-0.3, -0.25) is 9.78 Å². The van der Waals surface area contributed by atoms with Crippen molar-refractivity contribution in [2.45, 2.75) is 25.8 Å². The fraction of sp³-hybridized carbons (Fsp3) is 0.273. The monoisotopic (exact) mass is 371 g/mol.